The number of para-hydroxylation sites is 1. The van der Waals surface area contributed by atoms with E-state index in [1.54, 1.807) is 0 Å². The number of carbonyl (C=O) groups excluding carboxylic acids is 1. The van der Waals surface area contributed by atoms with Gasteiger partial charge in [-0.25, -0.2) is 0 Å². The number of aromatic nitrogens is 1. The first-order valence-corrected chi connectivity index (χ1v) is 10.6. The second kappa shape index (κ2) is 7.47. The monoisotopic (exact) mass is 388 g/mol. The lowest BCUT2D eigenvalue weighted by Gasteiger charge is -2.38. The van der Waals surface area contributed by atoms with E-state index in [1.165, 1.54) is 16.5 Å². The molecule has 2 aromatic rings. The number of nitrogens with zero attached hydrogens (tertiary/aromatic N) is 3. The normalized spacial score (nSPS) is 22.6. The zero-order chi connectivity index (χ0) is 19.8. The van der Waals surface area contributed by atoms with E-state index in [1.807, 2.05) is 0 Å². The fourth-order valence-corrected chi connectivity index (χ4v) is 4.68. The Kier molecular flexibility index (Phi) is 4.66. The highest BCUT2D eigenvalue weighted by Gasteiger charge is 2.31. The van der Waals surface area contributed by atoms with Crippen molar-refractivity contribution < 1.29 is 4.79 Å². The molecule has 3 heterocycles. The van der Waals surface area contributed by atoms with Gasteiger partial charge in [0.2, 0.25) is 5.91 Å². The molecule has 5 heteroatoms. The predicted octanol–water partition coefficient (Wildman–Crippen LogP) is 4.23. The molecular weight excluding hydrogens is 360 g/mol. The first-order valence-electron chi connectivity index (χ1n) is 10.6. The lowest BCUT2D eigenvalue weighted by atomic mass is 9.92. The van der Waals surface area contributed by atoms with Crippen LogP contribution in [0.4, 0.5) is 5.82 Å². The van der Waals surface area contributed by atoms with Crippen molar-refractivity contribution in [2.75, 3.05) is 24.7 Å². The Bertz CT molecular complexity index is 960. The summed E-state index contributed by atoms with van der Waals surface area (Å²) in [4.78, 5) is 23.2. The van der Waals surface area contributed by atoms with Crippen molar-refractivity contribution in [2.45, 2.75) is 32.2 Å². The number of benzene rings is 1. The van der Waals surface area contributed by atoms with Gasteiger partial charge < -0.3 is 19.7 Å². The van der Waals surface area contributed by atoms with Crippen LogP contribution in [-0.2, 0) is 4.79 Å². The van der Waals surface area contributed by atoms with E-state index in [2.05, 4.69) is 87.6 Å². The summed E-state index contributed by atoms with van der Waals surface area (Å²) in [7, 11) is 0. The summed E-state index contributed by atoms with van der Waals surface area (Å²) in [5, 5.41) is 1.24. The highest BCUT2D eigenvalue weighted by atomic mass is 16.2. The Balaban J connectivity index is 1.18. The fraction of sp³-hybridized carbons (Fsp3) is 0.375. The third-order valence-electron chi connectivity index (χ3n) is 6.49. The quantitative estimate of drug-likeness (QED) is 0.800. The molecule has 1 atom stereocenters. The number of anilines is 1. The molecule has 0 bridgehead atoms. The van der Waals surface area contributed by atoms with Crippen LogP contribution in [0.15, 0.2) is 66.5 Å². The molecule has 1 amide bonds. The van der Waals surface area contributed by atoms with Crippen molar-refractivity contribution >= 4 is 22.6 Å². The predicted molar refractivity (Wildman–Crippen MR) is 117 cm³/mol. The van der Waals surface area contributed by atoms with E-state index < -0.39 is 0 Å². The second-order valence-corrected chi connectivity index (χ2v) is 8.31. The van der Waals surface area contributed by atoms with Crippen molar-refractivity contribution in [1.29, 1.82) is 0 Å². The highest BCUT2D eigenvalue weighted by molar-refractivity contribution is 5.84. The minimum Gasteiger partial charge on any atom is -0.355 e. The van der Waals surface area contributed by atoms with E-state index in [0.717, 1.165) is 44.8 Å². The number of likely N-dealkylation sites (tertiary alicyclic amines) is 1. The van der Waals surface area contributed by atoms with Crippen molar-refractivity contribution in [3.05, 3.63) is 66.5 Å². The highest BCUT2D eigenvalue weighted by Crippen LogP contribution is 2.28. The van der Waals surface area contributed by atoms with Crippen LogP contribution in [0.3, 0.4) is 0 Å². The van der Waals surface area contributed by atoms with Crippen molar-refractivity contribution in [3.63, 3.8) is 0 Å². The van der Waals surface area contributed by atoms with Gasteiger partial charge in [0.15, 0.2) is 0 Å². The molecule has 1 unspecified atom stereocenters. The van der Waals surface area contributed by atoms with Gasteiger partial charge in [0, 0.05) is 42.4 Å². The number of piperidine rings is 1. The molecule has 3 aliphatic rings. The van der Waals surface area contributed by atoms with Crippen molar-refractivity contribution in [3.8, 4) is 0 Å². The van der Waals surface area contributed by atoms with E-state index in [-0.39, 0.29) is 11.8 Å². The van der Waals surface area contributed by atoms with Crippen molar-refractivity contribution in [2.24, 2.45) is 5.92 Å². The van der Waals surface area contributed by atoms with Gasteiger partial charge in [-0.05, 0) is 38.3 Å². The SMILES string of the molecule is CC1=CCC=CC1C(=O)N1CCC(N2C=CN(c3cc4ccccc4[nH]3)C2)CC1. The molecular formula is C24H28N4O. The summed E-state index contributed by atoms with van der Waals surface area (Å²) in [6.45, 7) is 4.63. The zero-order valence-corrected chi connectivity index (χ0v) is 16.9. The number of aromatic amines is 1. The summed E-state index contributed by atoms with van der Waals surface area (Å²) < 4.78 is 0. The van der Waals surface area contributed by atoms with Crippen LogP contribution in [0.25, 0.3) is 10.9 Å². The Morgan fingerprint density at radius 2 is 1.97 bits per heavy atom. The topological polar surface area (TPSA) is 42.6 Å². The van der Waals surface area contributed by atoms with E-state index in [0.29, 0.717) is 6.04 Å². The van der Waals surface area contributed by atoms with E-state index in [9.17, 15) is 4.79 Å². The molecule has 29 heavy (non-hydrogen) atoms. The summed E-state index contributed by atoms with van der Waals surface area (Å²) in [5.74, 6) is 1.35. The third-order valence-corrected chi connectivity index (χ3v) is 6.49. The summed E-state index contributed by atoms with van der Waals surface area (Å²) in [5.41, 5.74) is 2.36. The molecule has 2 aliphatic heterocycles. The third kappa shape index (κ3) is 3.46. The molecule has 1 aromatic heterocycles. The number of hydrogen-bond donors (Lipinski definition) is 1. The molecule has 0 spiro atoms. The van der Waals surface area contributed by atoms with Crippen LogP contribution >= 0.6 is 0 Å². The molecule has 5 nitrogen and oxygen atoms in total. The molecule has 0 saturated carbocycles. The smallest absolute Gasteiger partial charge is 0.233 e. The van der Waals surface area contributed by atoms with Gasteiger partial charge >= 0.3 is 0 Å². The van der Waals surface area contributed by atoms with Gasteiger partial charge in [-0.2, -0.15) is 0 Å². The van der Waals surface area contributed by atoms with Gasteiger partial charge in [-0.3, -0.25) is 4.79 Å². The maximum Gasteiger partial charge on any atom is 0.233 e. The molecule has 1 aliphatic carbocycles. The molecule has 150 valence electrons. The van der Waals surface area contributed by atoms with Gasteiger partial charge in [0.25, 0.3) is 0 Å². The van der Waals surface area contributed by atoms with Crippen LogP contribution < -0.4 is 4.90 Å². The number of amides is 1. The lowest BCUT2D eigenvalue weighted by Crippen LogP contribution is -2.47. The average Bonchev–Trinajstić information content (AvgIpc) is 3.41. The molecule has 1 aromatic carbocycles. The Morgan fingerprint density at radius 1 is 1.14 bits per heavy atom. The van der Waals surface area contributed by atoms with Crippen LogP contribution in [0.2, 0.25) is 0 Å². The van der Waals surface area contributed by atoms with E-state index in [4.69, 9.17) is 0 Å². The first kappa shape index (κ1) is 18.1. The maximum atomic E-state index is 12.9. The number of allylic oxidation sites excluding steroid dienone is 2. The van der Waals surface area contributed by atoms with Crippen molar-refractivity contribution in [1.82, 2.24) is 14.8 Å². The van der Waals surface area contributed by atoms with Crippen LogP contribution in [0.5, 0.6) is 0 Å². The summed E-state index contributed by atoms with van der Waals surface area (Å²) >= 11 is 0. The molecule has 1 saturated heterocycles. The van der Waals surface area contributed by atoms with Gasteiger partial charge in [0.05, 0.1) is 12.6 Å². The number of rotatable bonds is 3. The maximum absolute atomic E-state index is 12.9. The standard InChI is InChI=1S/C24H28N4O/c1-18-6-2-4-8-21(18)24(29)26-12-10-20(11-13-26)27-14-15-28(17-27)23-16-19-7-3-5-9-22(19)25-23/h3-9,14-16,20-21,25H,2,10-13,17H2,1H3. The molecule has 1 fully saturated rings. The minimum atomic E-state index is -0.0514. The average molecular weight is 389 g/mol. The van der Waals surface area contributed by atoms with E-state index >= 15 is 0 Å². The number of fused-ring (bicyclic) bond motifs is 1. The Hall–Kier alpha value is -2.95. The Labute approximate surface area is 172 Å². The fourth-order valence-electron chi connectivity index (χ4n) is 4.68. The molecule has 0 radical (unpaired) electrons. The van der Waals surface area contributed by atoms with Gasteiger partial charge in [0.1, 0.15) is 5.82 Å². The second-order valence-electron chi connectivity index (χ2n) is 8.31. The van der Waals surface area contributed by atoms with Gasteiger partial charge in [-0.15, -0.1) is 0 Å². The number of hydrogen-bond acceptors (Lipinski definition) is 3. The van der Waals surface area contributed by atoms with Crippen LogP contribution in [-0.4, -0.2) is 46.5 Å². The van der Waals surface area contributed by atoms with Crippen LogP contribution in [0, 0.1) is 5.92 Å². The number of carbonyl (C=O) groups is 1. The number of nitrogens with one attached hydrogen (secondary N) is 1. The zero-order valence-electron chi connectivity index (χ0n) is 16.9. The number of H-pyrrole nitrogens is 1. The molecule has 5 rings (SSSR count). The van der Waals surface area contributed by atoms with Gasteiger partial charge in [-0.1, -0.05) is 42.0 Å². The Morgan fingerprint density at radius 3 is 2.76 bits per heavy atom. The molecule has 1 N–H and O–H groups in total. The van der Waals surface area contributed by atoms with Crippen LogP contribution in [0.1, 0.15) is 26.2 Å². The minimum absolute atomic E-state index is 0.0514. The summed E-state index contributed by atoms with van der Waals surface area (Å²) in [6.07, 6.45) is 13.7. The summed E-state index contributed by atoms with van der Waals surface area (Å²) in [6, 6.07) is 11.1. The lowest BCUT2D eigenvalue weighted by molar-refractivity contribution is -0.134. The largest absolute Gasteiger partial charge is 0.355 e. The first-order chi connectivity index (χ1) is 14.2.